The molecule has 0 spiro atoms. The SMILES string of the molecule is Cc1cccc(-c2sc3c(-c4cn(C)c5ccccc45)c(COc4cccc5ccccc45)c(CN4CCOCC4)c(=O)n3c2C(=O)[O-])c1.[Li+]. The maximum Gasteiger partial charge on any atom is 1.00 e. The Morgan fingerprint density at radius 1 is 0.920 bits per heavy atom. The molecule has 0 N–H and O–H groups in total. The van der Waals surface area contributed by atoms with E-state index >= 15 is 0 Å². The van der Waals surface area contributed by atoms with Crippen molar-refractivity contribution < 1.29 is 38.2 Å². The molecule has 0 bridgehead atoms. The number of benzene rings is 4. The van der Waals surface area contributed by atoms with E-state index in [9.17, 15) is 14.7 Å². The summed E-state index contributed by atoms with van der Waals surface area (Å²) in [6.45, 7) is 4.81. The van der Waals surface area contributed by atoms with Gasteiger partial charge in [-0.2, -0.15) is 0 Å². The fraction of sp³-hybridized carbons (Fsp3) is 0.200. The number of carbonyl (C=O) groups is 1. The van der Waals surface area contributed by atoms with E-state index in [-0.39, 0.29) is 36.7 Å². The maximum absolute atomic E-state index is 14.9. The summed E-state index contributed by atoms with van der Waals surface area (Å²) in [7, 11) is 2.00. The van der Waals surface area contributed by atoms with Gasteiger partial charge in [0.05, 0.1) is 29.8 Å². The van der Waals surface area contributed by atoms with Gasteiger partial charge in [-0.25, -0.2) is 0 Å². The average molecular weight is 676 g/mol. The van der Waals surface area contributed by atoms with Gasteiger partial charge in [0.2, 0.25) is 0 Å². The Morgan fingerprint density at radius 2 is 1.64 bits per heavy atom. The van der Waals surface area contributed by atoms with Crippen molar-refractivity contribution in [3.05, 3.63) is 130 Å². The monoisotopic (exact) mass is 675 g/mol. The molecule has 0 radical (unpaired) electrons. The van der Waals surface area contributed by atoms with Gasteiger partial charge in [0.25, 0.3) is 5.56 Å². The van der Waals surface area contributed by atoms with E-state index in [1.807, 2.05) is 92.8 Å². The van der Waals surface area contributed by atoms with Crippen molar-refractivity contribution in [1.29, 1.82) is 0 Å². The van der Waals surface area contributed by atoms with Crippen LogP contribution in [0.5, 0.6) is 5.75 Å². The van der Waals surface area contributed by atoms with Crippen LogP contribution in [0.4, 0.5) is 0 Å². The third-order valence-corrected chi connectivity index (χ3v) is 10.6. The van der Waals surface area contributed by atoms with Crippen LogP contribution in [0.25, 0.3) is 48.1 Å². The zero-order valence-electron chi connectivity index (χ0n) is 28.3. The summed E-state index contributed by atoms with van der Waals surface area (Å²) in [6.07, 6.45) is 2.06. The maximum atomic E-state index is 14.9. The van der Waals surface area contributed by atoms with Gasteiger partial charge in [-0.15, -0.1) is 11.3 Å². The smallest absolute Gasteiger partial charge is 0.543 e. The van der Waals surface area contributed by atoms with Crippen molar-refractivity contribution in [3.8, 4) is 27.3 Å². The van der Waals surface area contributed by atoms with Crippen LogP contribution >= 0.6 is 11.3 Å². The summed E-state index contributed by atoms with van der Waals surface area (Å²) >= 11 is 1.30. The molecule has 8 nitrogen and oxygen atoms in total. The van der Waals surface area contributed by atoms with E-state index < -0.39 is 5.97 Å². The van der Waals surface area contributed by atoms with Gasteiger partial charge in [-0.1, -0.05) is 84.4 Å². The largest absolute Gasteiger partial charge is 1.00 e. The fourth-order valence-electron chi connectivity index (χ4n) is 7.06. The molecule has 1 saturated heterocycles. The van der Waals surface area contributed by atoms with Gasteiger partial charge < -0.3 is 23.9 Å². The number of carboxylic acid groups (broad SMARTS) is 1. The van der Waals surface area contributed by atoms with Gasteiger partial charge in [0.15, 0.2) is 0 Å². The molecule has 8 rings (SSSR count). The molecule has 7 aromatic rings. The number of pyridine rings is 1. The minimum atomic E-state index is -1.40. The zero-order chi connectivity index (χ0) is 33.6. The van der Waals surface area contributed by atoms with E-state index in [1.54, 1.807) is 0 Å². The minimum absolute atomic E-state index is 0. The number of para-hydroxylation sites is 1. The van der Waals surface area contributed by atoms with Crippen molar-refractivity contribution in [2.75, 3.05) is 26.3 Å². The van der Waals surface area contributed by atoms with Gasteiger partial charge in [-0.05, 0) is 30.0 Å². The molecule has 1 aliphatic rings. The van der Waals surface area contributed by atoms with Crippen LogP contribution in [0, 0.1) is 6.92 Å². The normalized spacial score (nSPS) is 13.6. The zero-order valence-corrected chi connectivity index (χ0v) is 29.1. The molecule has 0 aliphatic carbocycles. The van der Waals surface area contributed by atoms with Crippen molar-refractivity contribution in [1.82, 2.24) is 13.9 Å². The van der Waals surface area contributed by atoms with Crippen molar-refractivity contribution >= 4 is 43.8 Å². The summed E-state index contributed by atoms with van der Waals surface area (Å²) in [5, 5.41) is 16.1. The molecule has 4 aromatic carbocycles. The van der Waals surface area contributed by atoms with Crippen LogP contribution in [0.15, 0.2) is 102 Å². The molecule has 3 aromatic heterocycles. The second-order valence-corrected chi connectivity index (χ2v) is 13.5. The molecule has 0 saturated carbocycles. The van der Waals surface area contributed by atoms with Crippen molar-refractivity contribution in [3.63, 3.8) is 0 Å². The topological polar surface area (TPSA) is 88.2 Å². The number of thiazole rings is 1. The number of hydrogen-bond acceptors (Lipinski definition) is 7. The third-order valence-electron chi connectivity index (χ3n) is 9.43. The van der Waals surface area contributed by atoms with E-state index in [2.05, 4.69) is 27.8 Å². The quantitative estimate of drug-likeness (QED) is 0.230. The number of hydrogen-bond donors (Lipinski definition) is 0. The van der Waals surface area contributed by atoms with Crippen LogP contribution in [0.2, 0.25) is 0 Å². The van der Waals surface area contributed by atoms with Crippen molar-refractivity contribution in [2.24, 2.45) is 7.05 Å². The number of morpholine rings is 1. The molecular formula is C40H34LiN3O5S. The van der Waals surface area contributed by atoms with E-state index in [0.29, 0.717) is 53.9 Å². The summed E-state index contributed by atoms with van der Waals surface area (Å²) in [5.74, 6) is -0.688. The molecular weight excluding hydrogens is 641 g/mol. The average Bonchev–Trinajstić information content (AvgIpc) is 3.68. The Bertz CT molecular complexity index is 2450. The number of aromatic carboxylic acids is 1. The Balaban J connectivity index is 0.00000392. The molecule has 1 aliphatic heterocycles. The predicted octanol–water partition coefficient (Wildman–Crippen LogP) is 3.43. The standard InChI is InChI=1S/C40H35N3O5S.Li/c1-25-9-7-12-27(21-25)37-36(40(45)46)43-38(44)31(23-42-17-19-47-20-18-42)32(24-48-34-16-8-11-26-10-3-4-13-28(26)34)35(39(43)49-37)30-22-41(2)33-15-6-5-14-29(30)33;/h3-16,21-22H,17-20,23-24H2,1-2H3,(H,45,46);/q;+1/p-1. The van der Waals surface area contributed by atoms with E-state index in [4.69, 9.17) is 9.47 Å². The van der Waals surface area contributed by atoms with Gasteiger partial charge in [0, 0.05) is 71.4 Å². The molecule has 50 heavy (non-hydrogen) atoms. The number of nitrogens with zero attached hydrogens (tertiary/aromatic N) is 3. The molecule has 4 heterocycles. The Morgan fingerprint density at radius 3 is 2.42 bits per heavy atom. The molecule has 0 atom stereocenters. The molecule has 10 heteroatoms. The Kier molecular flexibility index (Phi) is 9.44. The van der Waals surface area contributed by atoms with Crippen molar-refractivity contribution in [2.45, 2.75) is 20.1 Å². The third kappa shape index (κ3) is 5.95. The first-order chi connectivity index (χ1) is 23.9. The molecule has 1 fully saturated rings. The number of fused-ring (bicyclic) bond motifs is 3. The van der Waals surface area contributed by atoms with Gasteiger partial charge in [0.1, 0.15) is 17.2 Å². The first-order valence-electron chi connectivity index (χ1n) is 16.4. The number of aryl methyl sites for hydroxylation is 2. The number of aromatic nitrogens is 2. The summed E-state index contributed by atoms with van der Waals surface area (Å²) in [6, 6.07) is 29.8. The fourth-order valence-corrected chi connectivity index (χ4v) is 8.37. The van der Waals surface area contributed by atoms with Crippen LogP contribution in [-0.4, -0.2) is 46.1 Å². The van der Waals surface area contributed by atoms with Crippen LogP contribution in [0.1, 0.15) is 27.2 Å². The number of ether oxygens (including phenoxy) is 2. The Hall–Kier alpha value is -4.62. The summed E-state index contributed by atoms with van der Waals surface area (Å²) in [5.41, 5.74) is 5.13. The molecule has 0 unspecified atom stereocenters. The number of rotatable bonds is 8. The van der Waals surface area contributed by atoms with Gasteiger partial charge in [-0.3, -0.25) is 14.1 Å². The number of carbonyl (C=O) groups excluding carboxylic acids is 1. The first kappa shape index (κ1) is 33.9. The number of carboxylic acids is 1. The van der Waals surface area contributed by atoms with E-state index in [0.717, 1.165) is 49.5 Å². The van der Waals surface area contributed by atoms with Crippen LogP contribution < -0.4 is 34.3 Å². The first-order valence-corrected chi connectivity index (χ1v) is 17.2. The molecule has 0 amide bonds. The van der Waals surface area contributed by atoms with E-state index in [1.165, 1.54) is 15.7 Å². The second-order valence-electron chi connectivity index (χ2n) is 12.5. The summed E-state index contributed by atoms with van der Waals surface area (Å²) < 4.78 is 15.8. The van der Waals surface area contributed by atoms with Crippen LogP contribution in [0.3, 0.4) is 0 Å². The van der Waals surface area contributed by atoms with Gasteiger partial charge >= 0.3 is 18.9 Å². The minimum Gasteiger partial charge on any atom is -0.543 e. The predicted molar refractivity (Wildman–Crippen MR) is 192 cm³/mol. The van der Waals surface area contributed by atoms with Crippen LogP contribution in [-0.2, 0) is 24.9 Å². The Labute approximate surface area is 305 Å². The summed E-state index contributed by atoms with van der Waals surface area (Å²) in [4.78, 5) is 31.2. The second kappa shape index (κ2) is 13.9. The molecule has 246 valence electrons.